The number of carbonyl (C=O) groups is 1. The van der Waals surface area contributed by atoms with Crippen molar-refractivity contribution in [1.29, 1.82) is 0 Å². The van der Waals surface area contributed by atoms with Crippen molar-refractivity contribution in [2.75, 3.05) is 16.8 Å². The van der Waals surface area contributed by atoms with E-state index in [0.29, 0.717) is 18.1 Å². The Hall–Kier alpha value is -3.22. The van der Waals surface area contributed by atoms with Gasteiger partial charge < -0.3 is 10.2 Å². The van der Waals surface area contributed by atoms with Crippen LogP contribution in [0.25, 0.3) is 5.82 Å². The molecule has 4 rings (SSSR count). The number of carbonyl (C=O) groups excluding carboxylic acids is 1. The minimum atomic E-state index is 0.169. The second-order valence-corrected chi connectivity index (χ2v) is 5.86. The van der Waals surface area contributed by atoms with E-state index in [0.717, 1.165) is 30.9 Å². The molecular formula is C18H18N6O. The van der Waals surface area contributed by atoms with Crippen molar-refractivity contribution < 1.29 is 4.79 Å². The van der Waals surface area contributed by atoms with Gasteiger partial charge in [-0.25, -0.2) is 14.6 Å². The highest BCUT2D eigenvalue weighted by Crippen LogP contribution is 2.22. The summed E-state index contributed by atoms with van der Waals surface area (Å²) >= 11 is 0. The van der Waals surface area contributed by atoms with E-state index in [1.165, 1.54) is 0 Å². The molecule has 0 aromatic carbocycles. The number of anilines is 3. The zero-order valence-corrected chi connectivity index (χ0v) is 13.7. The van der Waals surface area contributed by atoms with Crippen LogP contribution in [0.1, 0.15) is 19.3 Å². The normalized spacial score (nSPS) is 14.6. The lowest BCUT2D eigenvalue weighted by Crippen LogP contribution is -2.35. The number of pyridine rings is 2. The van der Waals surface area contributed by atoms with Gasteiger partial charge in [0.15, 0.2) is 5.82 Å². The maximum atomic E-state index is 12.0. The molecule has 3 aromatic rings. The van der Waals surface area contributed by atoms with E-state index in [9.17, 15) is 4.79 Å². The van der Waals surface area contributed by atoms with Gasteiger partial charge in [0.2, 0.25) is 5.91 Å². The molecule has 0 saturated carbocycles. The van der Waals surface area contributed by atoms with Gasteiger partial charge >= 0.3 is 0 Å². The van der Waals surface area contributed by atoms with Gasteiger partial charge in [-0.05, 0) is 43.2 Å². The fraction of sp³-hybridized carbons (Fsp3) is 0.222. The molecule has 1 N–H and O–H groups in total. The lowest BCUT2D eigenvalue weighted by Gasteiger charge is -2.26. The van der Waals surface area contributed by atoms with Crippen molar-refractivity contribution in [2.45, 2.75) is 19.3 Å². The maximum Gasteiger partial charge on any atom is 0.227 e. The van der Waals surface area contributed by atoms with Crippen LogP contribution in [0.15, 0.2) is 55.0 Å². The Morgan fingerprint density at radius 3 is 2.76 bits per heavy atom. The van der Waals surface area contributed by atoms with Crippen molar-refractivity contribution >= 4 is 23.2 Å². The van der Waals surface area contributed by atoms with Crippen LogP contribution in [0.4, 0.5) is 17.3 Å². The third-order valence-corrected chi connectivity index (χ3v) is 4.11. The fourth-order valence-corrected chi connectivity index (χ4v) is 2.85. The summed E-state index contributed by atoms with van der Waals surface area (Å²) in [6.07, 6.45) is 7.91. The first-order valence-corrected chi connectivity index (χ1v) is 8.30. The van der Waals surface area contributed by atoms with E-state index >= 15 is 0 Å². The SMILES string of the molecule is O=C1CCCCN1c1ccc(Nc2cccc(-n3cccn3)n2)nc1. The average Bonchev–Trinajstić information content (AvgIpc) is 3.18. The van der Waals surface area contributed by atoms with Crippen molar-refractivity contribution in [1.82, 2.24) is 19.7 Å². The number of hydrogen-bond acceptors (Lipinski definition) is 5. The molecule has 3 aromatic heterocycles. The maximum absolute atomic E-state index is 12.0. The van der Waals surface area contributed by atoms with E-state index in [1.807, 2.05) is 42.6 Å². The van der Waals surface area contributed by atoms with E-state index in [4.69, 9.17) is 0 Å². The Morgan fingerprint density at radius 1 is 1.04 bits per heavy atom. The minimum Gasteiger partial charge on any atom is -0.325 e. The highest BCUT2D eigenvalue weighted by molar-refractivity contribution is 5.93. The first kappa shape index (κ1) is 15.3. The largest absolute Gasteiger partial charge is 0.325 e. The Kier molecular flexibility index (Phi) is 4.12. The van der Waals surface area contributed by atoms with E-state index in [2.05, 4.69) is 20.4 Å². The van der Waals surface area contributed by atoms with Gasteiger partial charge in [0.05, 0.1) is 11.9 Å². The molecule has 7 heteroatoms. The summed E-state index contributed by atoms with van der Waals surface area (Å²) in [6.45, 7) is 0.765. The number of amides is 1. The van der Waals surface area contributed by atoms with Gasteiger partial charge in [-0.1, -0.05) is 6.07 Å². The van der Waals surface area contributed by atoms with Crippen LogP contribution in [0, 0.1) is 0 Å². The van der Waals surface area contributed by atoms with Crippen molar-refractivity contribution in [2.24, 2.45) is 0 Å². The molecule has 0 bridgehead atoms. The molecule has 0 unspecified atom stereocenters. The number of rotatable bonds is 4. The molecule has 4 heterocycles. The van der Waals surface area contributed by atoms with E-state index < -0.39 is 0 Å². The van der Waals surface area contributed by atoms with Crippen molar-refractivity contribution in [3.8, 4) is 5.82 Å². The predicted molar refractivity (Wildman–Crippen MR) is 95.1 cm³/mol. The molecule has 7 nitrogen and oxygen atoms in total. The Balaban J connectivity index is 1.50. The van der Waals surface area contributed by atoms with Gasteiger partial charge in [-0.15, -0.1) is 0 Å². The van der Waals surface area contributed by atoms with Crippen LogP contribution in [0.5, 0.6) is 0 Å². The van der Waals surface area contributed by atoms with Crippen LogP contribution < -0.4 is 10.2 Å². The van der Waals surface area contributed by atoms with Gasteiger partial charge in [0, 0.05) is 25.4 Å². The number of aromatic nitrogens is 4. The van der Waals surface area contributed by atoms with Crippen molar-refractivity contribution in [3.63, 3.8) is 0 Å². The molecule has 1 amide bonds. The first-order chi connectivity index (χ1) is 12.3. The second-order valence-electron chi connectivity index (χ2n) is 5.86. The second kappa shape index (κ2) is 6.72. The summed E-state index contributed by atoms with van der Waals surface area (Å²) in [7, 11) is 0. The van der Waals surface area contributed by atoms with Gasteiger partial charge in [-0.2, -0.15) is 5.10 Å². The van der Waals surface area contributed by atoms with Crippen LogP contribution in [-0.2, 0) is 4.79 Å². The van der Waals surface area contributed by atoms with Crippen LogP contribution >= 0.6 is 0 Å². The number of piperidine rings is 1. The smallest absolute Gasteiger partial charge is 0.227 e. The van der Waals surface area contributed by atoms with Crippen molar-refractivity contribution in [3.05, 3.63) is 55.0 Å². The molecular weight excluding hydrogens is 316 g/mol. The van der Waals surface area contributed by atoms with Gasteiger partial charge in [0.25, 0.3) is 0 Å². The standard InChI is InChI=1S/C18H18N6O/c25-18-7-1-2-11-23(18)14-8-9-15(19-13-14)21-16-5-3-6-17(22-16)24-12-4-10-20-24/h3-6,8-10,12-13H,1-2,7,11H2,(H,19,21,22). The zero-order valence-electron chi connectivity index (χ0n) is 13.7. The quantitative estimate of drug-likeness (QED) is 0.794. The van der Waals surface area contributed by atoms with Crippen LogP contribution in [0.2, 0.25) is 0 Å². The summed E-state index contributed by atoms with van der Waals surface area (Å²) in [6, 6.07) is 11.3. The molecule has 0 spiro atoms. The lowest BCUT2D eigenvalue weighted by atomic mass is 10.1. The first-order valence-electron chi connectivity index (χ1n) is 8.30. The molecule has 25 heavy (non-hydrogen) atoms. The third-order valence-electron chi connectivity index (χ3n) is 4.11. The highest BCUT2D eigenvalue weighted by Gasteiger charge is 2.19. The number of nitrogens with one attached hydrogen (secondary N) is 1. The zero-order chi connectivity index (χ0) is 17.1. The average molecular weight is 334 g/mol. The Labute approximate surface area is 145 Å². The Morgan fingerprint density at radius 2 is 2.00 bits per heavy atom. The molecule has 1 fully saturated rings. The molecule has 0 atom stereocenters. The molecule has 0 radical (unpaired) electrons. The monoisotopic (exact) mass is 334 g/mol. The Bertz CT molecular complexity index is 860. The third kappa shape index (κ3) is 3.35. The highest BCUT2D eigenvalue weighted by atomic mass is 16.2. The summed E-state index contributed by atoms with van der Waals surface area (Å²) < 4.78 is 1.70. The molecule has 126 valence electrons. The minimum absolute atomic E-state index is 0.169. The predicted octanol–water partition coefficient (Wildman–Crippen LogP) is 2.92. The molecule has 1 aliphatic rings. The molecule has 1 aliphatic heterocycles. The number of hydrogen-bond donors (Lipinski definition) is 1. The molecule has 1 saturated heterocycles. The summed E-state index contributed by atoms with van der Waals surface area (Å²) in [4.78, 5) is 22.7. The topological polar surface area (TPSA) is 75.9 Å². The van der Waals surface area contributed by atoms with E-state index in [1.54, 1.807) is 22.0 Å². The lowest BCUT2D eigenvalue weighted by molar-refractivity contribution is -0.119. The van der Waals surface area contributed by atoms with Gasteiger partial charge in [-0.3, -0.25) is 4.79 Å². The van der Waals surface area contributed by atoms with E-state index in [-0.39, 0.29) is 5.91 Å². The summed E-state index contributed by atoms with van der Waals surface area (Å²) in [5.74, 6) is 2.26. The number of nitrogens with zero attached hydrogens (tertiary/aromatic N) is 5. The van der Waals surface area contributed by atoms with Crippen LogP contribution in [0.3, 0.4) is 0 Å². The molecule has 0 aliphatic carbocycles. The summed E-state index contributed by atoms with van der Waals surface area (Å²) in [5, 5.41) is 7.36. The van der Waals surface area contributed by atoms with Crippen LogP contribution in [-0.4, -0.2) is 32.2 Å². The summed E-state index contributed by atoms with van der Waals surface area (Å²) in [5.41, 5.74) is 0.841. The fourth-order valence-electron chi connectivity index (χ4n) is 2.85. The van der Waals surface area contributed by atoms with Gasteiger partial charge in [0.1, 0.15) is 11.6 Å².